The molecule has 0 unspecified atom stereocenters. The summed E-state index contributed by atoms with van der Waals surface area (Å²) in [5.41, 5.74) is 9.08. The molecule has 0 radical (unpaired) electrons. The Morgan fingerprint density at radius 1 is 1.42 bits per heavy atom. The van der Waals surface area contributed by atoms with Gasteiger partial charge < -0.3 is 16.0 Å². The maximum Gasteiger partial charge on any atom is 0.228 e. The Bertz CT molecular complexity index is 477. The van der Waals surface area contributed by atoms with Gasteiger partial charge in [-0.05, 0) is 50.5 Å². The molecule has 1 aliphatic rings. The Kier molecular flexibility index (Phi) is 3.80. The van der Waals surface area contributed by atoms with Crippen LogP contribution in [0.2, 0.25) is 0 Å². The highest BCUT2D eigenvalue weighted by atomic mass is 16.1. The first-order chi connectivity index (χ1) is 8.85. The van der Waals surface area contributed by atoms with Crippen molar-refractivity contribution in [2.24, 2.45) is 5.73 Å². The molecule has 1 amide bonds. The number of amides is 1. The van der Waals surface area contributed by atoms with E-state index in [1.165, 1.54) is 0 Å². The molecule has 19 heavy (non-hydrogen) atoms. The van der Waals surface area contributed by atoms with Crippen LogP contribution in [0.25, 0.3) is 0 Å². The molecular weight excluding hydrogens is 238 g/mol. The quantitative estimate of drug-likeness (QED) is 0.853. The van der Waals surface area contributed by atoms with Gasteiger partial charge in [-0.15, -0.1) is 0 Å². The van der Waals surface area contributed by atoms with Crippen molar-refractivity contribution in [3.8, 4) is 0 Å². The molecule has 1 heterocycles. The molecule has 0 aromatic heterocycles. The van der Waals surface area contributed by atoms with Crippen LogP contribution in [0.3, 0.4) is 0 Å². The van der Waals surface area contributed by atoms with Gasteiger partial charge in [0, 0.05) is 30.5 Å². The lowest BCUT2D eigenvalue weighted by Crippen LogP contribution is -2.33. The number of benzene rings is 1. The van der Waals surface area contributed by atoms with E-state index in [1.807, 2.05) is 6.07 Å². The zero-order chi connectivity index (χ0) is 14.0. The number of nitrogens with one attached hydrogen (secondary N) is 1. The fraction of sp³-hybridized carbons (Fsp3) is 0.533. The van der Waals surface area contributed by atoms with Crippen LogP contribution in [0.1, 0.15) is 32.3 Å². The maximum atomic E-state index is 11.3. The van der Waals surface area contributed by atoms with Crippen molar-refractivity contribution in [1.82, 2.24) is 0 Å². The Morgan fingerprint density at radius 3 is 2.84 bits per heavy atom. The number of anilines is 2. The van der Waals surface area contributed by atoms with Gasteiger partial charge in [-0.3, -0.25) is 4.79 Å². The Hall–Kier alpha value is -1.55. The molecule has 0 spiro atoms. The molecule has 1 aliphatic heterocycles. The van der Waals surface area contributed by atoms with Gasteiger partial charge in [0.15, 0.2) is 0 Å². The summed E-state index contributed by atoms with van der Waals surface area (Å²) in [5.74, 6) is 0.0830. The van der Waals surface area contributed by atoms with E-state index in [1.54, 1.807) is 0 Å². The minimum absolute atomic E-state index is 0.0830. The van der Waals surface area contributed by atoms with E-state index in [0.717, 1.165) is 36.3 Å². The number of nitrogens with two attached hydrogens (primary N) is 1. The second-order valence-electron chi connectivity index (χ2n) is 6.08. The van der Waals surface area contributed by atoms with E-state index in [2.05, 4.69) is 43.2 Å². The lowest BCUT2D eigenvalue weighted by atomic mass is 10.00. The van der Waals surface area contributed by atoms with Crippen molar-refractivity contribution in [3.63, 3.8) is 0 Å². The Morgan fingerprint density at radius 2 is 2.16 bits per heavy atom. The molecule has 1 aromatic carbocycles. The molecule has 0 saturated carbocycles. The first kappa shape index (κ1) is 13.9. The van der Waals surface area contributed by atoms with Crippen molar-refractivity contribution in [3.05, 3.63) is 23.8 Å². The van der Waals surface area contributed by atoms with Gasteiger partial charge in [0.05, 0.1) is 6.42 Å². The normalized spacial score (nSPS) is 14.2. The summed E-state index contributed by atoms with van der Waals surface area (Å²) in [6.07, 6.45) is 2.56. The van der Waals surface area contributed by atoms with Crippen molar-refractivity contribution < 1.29 is 4.79 Å². The highest BCUT2D eigenvalue weighted by Crippen LogP contribution is 2.27. The average Bonchev–Trinajstić information content (AvgIpc) is 2.65. The van der Waals surface area contributed by atoms with Crippen molar-refractivity contribution >= 4 is 17.3 Å². The number of fused-ring (bicyclic) bond motifs is 1. The lowest BCUT2D eigenvalue weighted by molar-refractivity contribution is -0.115. The third-order valence-corrected chi connectivity index (χ3v) is 3.47. The predicted octanol–water partition coefficient (Wildman–Crippen LogP) is 2.13. The summed E-state index contributed by atoms with van der Waals surface area (Å²) >= 11 is 0. The molecule has 4 heteroatoms. The van der Waals surface area contributed by atoms with Gasteiger partial charge in [0.25, 0.3) is 0 Å². The zero-order valence-electron chi connectivity index (χ0n) is 12.0. The Balaban J connectivity index is 1.95. The standard InChI is InChI=1S/C15H23N3O/c1-15(2,16)7-4-8-18(3)12-5-6-13-11(9-12)10-14(19)17-13/h5-6,9H,4,7-8,10,16H2,1-3H3,(H,17,19). The number of carbonyl (C=O) groups excluding carboxylic acids is 1. The SMILES string of the molecule is CN(CCCC(C)(C)N)c1ccc2c(c1)CC(=O)N2. The molecule has 0 saturated heterocycles. The van der Waals surface area contributed by atoms with Crippen LogP contribution in [0.4, 0.5) is 11.4 Å². The van der Waals surface area contributed by atoms with Crippen LogP contribution < -0.4 is 16.0 Å². The minimum atomic E-state index is -0.102. The van der Waals surface area contributed by atoms with E-state index in [-0.39, 0.29) is 11.4 Å². The zero-order valence-corrected chi connectivity index (χ0v) is 12.0. The smallest absolute Gasteiger partial charge is 0.228 e. The molecule has 2 rings (SSSR count). The molecule has 4 nitrogen and oxygen atoms in total. The molecule has 0 aliphatic carbocycles. The summed E-state index contributed by atoms with van der Waals surface area (Å²) in [5, 5.41) is 2.85. The van der Waals surface area contributed by atoms with Crippen LogP contribution >= 0.6 is 0 Å². The predicted molar refractivity (Wildman–Crippen MR) is 79.5 cm³/mol. The van der Waals surface area contributed by atoms with Crippen molar-refractivity contribution in [1.29, 1.82) is 0 Å². The van der Waals surface area contributed by atoms with Gasteiger partial charge in [-0.25, -0.2) is 0 Å². The second-order valence-corrected chi connectivity index (χ2v) is 6.08. The monoisotopic (exact) mass is 261 g/mol. The number of rotatable bonds is 5. The van der Waals surface area contributed by atoms with Gasteiger partial charge in [0.2, 0.25) is 5.91 Å². The number of carbonyl (C=O) groups is 1. The molecule has 1 aromatic rings. The van der Waals surface area contributed by atoms with Crippen LogP contribution in [-0.4, -0.2) is 25.0 Å². The van der Waals surface area contributed by atoms with E-state index in [4.69, 9.17) is 5.73 Å². The van der Waals surface area contributed by atoms with Gasteiger partial charge in [-0.2, -0.15) is 0 Å². The van der Waals surface area contributed by atoms with Crippen molar-refractivity contribution in [2.45, 2.75) is 38.6 Å². The summed E-state index contributed by atoms with van der Waals surface area (Å²) < 4.78 is 0. The third-order valence-electron chi connectivity index (χ3n) is 3.47. The van der Waals surface area contributed by atoms with Crippen LogP contribution in [0, 0.1) is 0 Å². The van der Waals surface area contributed by atoms with Crippen LogP contribution in [0.15, 0.2) is 18.2 Å². The topological polar surface area (TPSA) is 58.4 Å². The van der Waals surface area contributed by atoms with E-state index in [0.29, 0.717) is 6.42 Å². The highest BCUT2D eigenvalue weighted by Gasteiger charge is 2.18. The van der Waals surface area contributed by atoms with E-state index in [9.17, 15) is 4.79 Å². The largest absolute Gasteiger partial charge is 0.375 e. The third kappa shape index (κ3) is 3.70. The summed E-state index contributed by atoms with van der Waals surface area (Å²) in [6.45, 7) is 5.08. The molecule has 0 atom stereocenters. The Labute approximate surface area is 115 Å². The number of hydrogen-bond acceptors (Lipinski definition) is 3. The van der Waals surface area contributed by atoms with Crippen molar-refractivity contribution in [2.75, 3.05) is 23.8 Å². The maximum absolute atomic E-state index is 11.3. The fourth-order valence-electron chi connectivity index (χ4n) is 2.35. The number of hydrogen-bond donors (Lipinski definition) is 2. The summed E-state index contributed by atoms with van der Waals surface area (Å²) in [6, 6.07) is 6.14. The summed E-state index contributed by atoms with van der Waals surface area (Å²) in [4.78, 5) is 13.5. The van der Waals surface area contributed by atoms with E-state index < -0.39 is 0 Å². The highest BCUT2D eigenvalue weighted by molar-refractivity contribution is 5.99. The molecule has 0 bridgehead atoms. The van der Waals surface area contributed by atoms with Crippen LogP contribution in [0.5, 0.6) is 0 Å². The molecule has 0 fully saturated rings. The minimum Gasteiger partial charge on any atom is -0.375 e. The lowest BCUT2D eigenvalue weighted by Gasteiger charge is -2.23. The molecular formula is C15H23N3O. The first-order valence-corrected chi connectivity index (χ1v) is 6.78. The average molecular weight is 261 g/mol. The van der Waals surface area contributed by atoms with E-state index >= 15 is 0 Å². The molecule has 3 N–H and O–H groups in total. The fourth-order valence-corrected chi connectivity index (χ4v) is 2.35. The first-order valence-electron chi connectivity index (χ1n) is 6.78. The van der Waals surface area contributed by atoms with Gasteiger partial charge in [0.1, 0.15) is 0 Å². The van der Waals surface area contributed by atoms with Crippen LogP contribution in [-0.2, 0) is 11.2 Å². The summed E-state index contributed by atoms with van der Waals surface area (Å²) in [7, 11) is 2.08. The van der Waals surface area contributed by atoms with Gasteiger partial charge in [-0.1, -0.05) is 0 Å². The van der Waals surface area contributed by atoms with Gasteiger partial charge >= 0.3 is 0 Å². The molecule has 104 valence electrons. The second kappa shape index (κ2) is 5.21. The number of nitrogens with zero attached hydrogens (tertiary/aromatic N) is 1.